The Balaban J connectivity index is 2.95. The van der Waals surface area contributed by atoms with Crippen molar-refractivity contribution in [2.24, 2.45) is 0 Å². The van der Waals surface area contributed by atoms with Crippen molar-refractivity contribution in [3.8, 4) is 17.6 Å². The molecular formula is C12H15NO2S. The Morgan fingerprint density at radius 3 is 2.62 bits per heavy atom. The molecule has 16 heavy (non-hydrogen) atoms. The van der Waals surface area contributed by atoms with Crippen LogP contribution < -0.4 is 9.47 Å². The molecule has 0 saturated carbocycles. The van der Waals surface area contributed by atoms with Gasteiger partial charge in [-0.15, -0.1) is 11.8 Å². The average Bonchev–Trinajstić information content (AvgIpc) is 2.35. The average molecular weight is 237 g/mol. The van der Waals surface area contributed by atoms with Gasteiger partial charge in [0.2, 0.25) is 0 Å². The van der Waals surface area contributed by atoms with Gasteiger partial charge in [-0.25, -0.2) is 0 Å². The molecule has 0 spiro atoms. The normalized spacial score (nSPS) is 11.6. The number of benzene rings is 1. The third-order valence-electron chi connectivity index (χ3n) is 2.15. The zero-order valence-electron chi connectivity index (χ0n) is 9.69. The summed E-state index contributed by atoms with van der Waals surface area (Å²) in [5, 5.41) is 8.88. The zero-order valence-corrected chi connectivity index (χ0v) is 10.5. The molecule has 0 radical (unpaired) electrons. The summed E-state index contributed by atoms with van der Waals surface area (Å²) in [4.78, 5) is 0.940. The summed E-state index contributed by atoms with van der Waals surface area (Å²) >= 11 is 1.50. The number of rotatable bonds is 5. The van der Waals surface area contributed by atoms with Crippen molar-refractivity contribution in [3.05, 3.63) is 18.2 Å². The first-order chi connectivity index (χ1) is 7.74. The van der Waals surface area contributed by atoms with Crippen LogP contribution in [-0.4, -0.2) is 19.5 Å². The van der Waals surface area contributed by atoms with E-state index in [0.29, 0.717) is 0 Å². The summed E-state index contributed by atoms with van der Waals surface area (Å²) in [5.74, 6) is 1.55. The first-order valence-electron chi connectivity index (χ1n) is 5.03. The number of nitrogens with zero attached hydrogens (tertiary/aromatic N) is 1. The molecule has 0 bridgehead atoms. The van der Waals surface area contributed by atoms with Crippen molar-refractivity contribution < 1.29 is 9.47 Å². The minimum absolute atomic E-state index is 0.0546. The van der Waals surface area contributed by atoms with Gasteiger partial charge < -0.3 is 9.47 Å². The van der Waals surface area contributed by atoms with Crippen LogP contribution in [0.25, 0.3) is 0 Å². The van der Waals surface area contributed by atoms with Gasteiger partial charge in [-0.3, -0.25) is 0 Å². The largest absolute Gasteiger partial charge is 0.497 e. The second-order valence-corrected chi connectivity index (χ2v) is 4.41. The standard InChI is InChI=1S/C12H15NO2S/c1-4-10(8-13)16-12-7-9(14-2)5-6-11(12)15-3/h5-7,10H,4H2,1-3H3. The molecule has 0 aliphatic heterocycles. The van der Waals surface area contributed by atoms with Gasteiger partial charge in [0.05, 0.1) is 30.4 Å². The Kier molecular flexibility index (Phi) is 5.00. The summed E-state index contributed by atoms with van der Waals surface area (Å²) in [6, 6.07) is 7.84. The van der Waals surface area contributed by atoms with Crippen molar-refractivity contribution in [1.82, 2.24) is 0 Å². The van der Waals surface area contributed by atoms with E-state index in [1.165, 1.54) is 11.8 Å². The van der Waals surface area contributed by atoms with Crippen LogP contribution in [0.4, 0.5) is 0 Å². The van der Waals surface area contributed by atoms with Crippen molar-refractivity contribution in [1.29, 1.82) is 5.26 Å². The lowest BCUT2D eigenvalue weighted by Gasteiger charge is -2.11. The van der Waals surface area contributed by atoms with Crippen molar-refractivity contribution in [2.75, 3.05) is 14.2 Å². The number of methoxy groups -OCH3 is 2. The second-order valence-electron chi connectivity index (χ2n) is 3.16. The van der Waals surface area contributed by atoms with Crippen LogP contribution >= 0.6 is 11.8 Å². The van der Waals surface area contributed by atoms with E-state index in [-0.39, 0.29) is 5.25 Å². The van der Waals surface area contributed by atoms with Crippen LogP contribution in [0.5, 0.6) is 11.5 Å². The molecule has 1 aromatic carbocycles. The minimum atomic E-state index is -0.0546. The van der Waals surface area contributed by atoms with Gasteiger partial charge in [0.1, 0.15) is 11.5 Å². The second kappa shape index (κ2) is 6.29. The van der Waals surface area contributed by atoms with E-state index in [1.807, 2.05) is 25.1 Å². The Labute approximate surface area is 100 Å². The molecule has 1 unspecified atom stereocenters. The smallest absolute Gasteiger partial charge is 0.132 e. The van der Waals surface area contributed by atoms with Crippen molar-refractivity contribution >= 4 is 11.8 Å². The van der Waals surface area contributed by atoms with Crippen LogP contribution in [0.15, 0.2) is 23.1 Å². The quantitative estimate of drug-likeness (QED) is 0.738. The molecule has 0 heterocycles. The monoisotopic (exact) mass is 237 g/mol. The molecule has 0 N–H and O–H groups in total. The van der Waals surface area contributed by atoms with E-state index >= 15 is 0 Å². The lowest BCUT2D eigenvalue weighted by Crippen LogP contribution is -1.97. The summed E-state index contributed by atoms with van der Waals surface area (Å²) in [7, 11) is 3.25. The van der Waals surface area contributed by atoms with Crippen molar-refractivity contribution in [2.45, 2.75) is 23.5 Å². The van der Waals surface area contributed by atoms with E-state index in [2.05, 4.69) is 6.07 Å². The summed E-state index contributed by atoms with van der Waals surface area (Å²) in [6.07, 6.45) is 0.807. The highest BCUT2D eigenvalue weighted by atomic mass is 32.2. The minimum Gasteiger partial charge on any atom is -0.497 e. The maximum absolute atomic E-state index is 8.93. The molecule has 0 fully saturated rings. The number of thioether (sulfide) groups is 1. The third kappa shape index (κ3) is 3.07. The van der Waals surface area contributed by atoms with E-state index in [0.717, 1.165) is 22.8 Å². The van der Waals surface area contributed by atoms with Gasteiger partial charge in [0.15, 0.2) is 0 Å². The fourth-order valence-electron chi connectivity index (χ4n) is 1.23. The Bertz CT molecular complexity index is 387. The first-order valence-corrected chi connectivity index (χ1v) is 5.91. The molecular weight excluding hydrogens is 222 g/mol. The van der Waals surface area contributed by atoms with Gasteiger partial charge in [0.25, 0.3) is 0 Å². The highest BCUT2D eigenvalue weighted by Crippen LogP contribution is 2.35. The predicted molar refractivity (Wildman–Crippen MR) is 65.1 cm³/mol. The van der Waals surface area contributed by atoms with Crippen LogP contribution in [-0.2, 0) is 0 Å². The van der Waals surface area contributed by atoms with Gasteiger partial charge in [0, 0.05) is 0 Å². The highest BCUT2D eigenvalue weighted by molar-refractivity contribution is 8.00. The number of hydrogen-bond donors (Lipinski definition) is 0. The summed E-state index contributed by atoms with van der Waals surface area (Å²) < 4.78 is 10.4. The lowest BCUT2D eigenvalue weighted by molar-refractivity contribution is 0.394. The fraction of sp³-hybridized carbons (Fsp3) is 0.417. The van der Waals surface area contributed by atoms with Crippen LogP contribution in [0.1, 0.15) is 13.3 Å². The molecule has 0 aliphatic rings. The number of hydrogen-bond acceptors (Lipinski definition) is 4. The van der Waals surface area contributed by atoms with Crippen LogP contribution in [0.3, 0.4) is 0 Å². The van der Waals surface area contributed by atoms with Crippen molar-refractivity contribution in [3.63, 3.8) is 0 Å². The van der Waals surface area contributed by atoms with E-state index in [1.54, 1.807) is 14.2 Å². The SMILES string of the molecule is CCC(C#N)Sc1cc(OC)ccc1OC. The highest BCUT2D eigenvalue weighted by Gasteiger charge is 2.11. The summed E-state index contributed by atoms with van der Waals surface area (Å²) in [5.41, 5.74) is 0. The molecule has 0 amide bonds. The van der Waals surface area contributed by atoms with Crippen LogP contribution in [0.2, 0.25) is 0 Å². The van der Waals surface area contributed by atoms with E-state index in [4.69, 9.17) is 14.7 Å². The topological polar surface area (TPSA) is 42.2 Å². The Morgan fingerprint density at radius 1 is 1.38 bits per heavy atom. The number of ether oxygens (including phenoxy) is 2. The molecule has 4 heteroatoms. The molecule has 1 atom stereocenters. The molecule has 0 aromatic heterocycles. The lowest BCUT2D eigenvalue weighted by atomic mass is 10.3. The number of nitriles is 1. The maximum atomic E-state index is 8.93. The van der Waals surface area contributed by atoms with Gasteiger partial charge in [-0.05, 0) is 24.6 Å². The van der Waals surface area contributed by atoms with Crippen LogP contribution in [0, 0.1) is 11.3 Å². The predicted octanol–water partition coefficient (Wildman–Crippen LogP) is 3.10. The molecule has 1 aromatic rings. The Hall–Kier alpha value is -1.34. The molecule has 0 aliphatic carbocycles. The fourth-order valence-corrected chi connectivity index (χ4v) is 2.21. The zero-order chi connectivity index (χ0) is 12.0. The molecule has 86 valence electrons. The summed E-state index contributed by atoms with van der Waals surface area (Å²) in [6.45, 7) is 1.99. The maximum Gasteiger partial charge on any atom is 0.132 e. The van der Waals surface area contributed by atoms with E-state index < -0.39 is 0 Å². The molecule has 0 saturated heterocycles. The Morgan fingerprint density at radius 2 is 2.12 bits per heavy atom. The van der Waals surface area contributed by atoms with Gasteiger partial charge >= 0.3 is 0 Å². The van der Waals surface area contributed by atoms with E-state index in [9.17, 15) is 0 Å². The van der Waals surface area contributed by atoms with Gasteiger partial charge in [-0.2, -0.15) is 5.26 Å². The molecule has 3 nitrogen and oxygen atoms in total. The first kappa shape index (κ1) is 12.7. The third-order valence-corrected chi connectivity index (χ3v) is 3.45. The molecule has 1 rings (SSSR count). The van der Waals surface area contributed by atoms with Gasteiger partial charge in [-0.1, -0.05) is 6.92 Å².